The van der Waals surface area contributed by atoms with Crippen LogP contribution in [0.5, 0.6) is 0 Å². The molecule has 2 aliphatic rings. The highest BCUT2D eigenvalue weighted by atomic mass is 35.5. The van der Waals surface area contributed by atoms with Gasteiger partial charge in [0.2, 0.25) is 5.91 Å². The van der Waals surface area contributed by atoms with Crippen LogP contribution >= 0.6 is 12.4 Å². The summed E-state index contributed by atoms with van der Waals surface area (Å²) in [5.74, 6) is 0.417. The second kappa shape index (κ2) is 11.6. The predicted octanol–water partition coefficient (Wildman–Crippen LogP) is 5.25. The molecule has 0 fully saturated rings. The Balaban J connectivity index is 0.00000289. The second-order valence-corrected chi connectivity index (χ2v) is 8.87. The Morgan fingerprint density at radius 1 is 1.03 bits per heavy atom. The van der Waals surface area contributed by atoms with E-state index in [4.69, 9.17) is 0 Å². The Hall–Kier alpha value is -2.17. The standard InChI is InChI=1S/C27H34N2O2.ClH/c1-2-28(17-14-21-10-5-3-6-11-21)15-8-4-7-13-25(30)23-18-22-12-9-16-29-26(31)20-24(19-23)27(22)29;/h3,5-6,10-11,18-19H,2,4,7-9,12-17,20H2,1H3;1H. The summed E-state index contributed by atoms with van der Waals surface area (Å²) < 4.78 is 0. The van der Waals surface area contributed by atoms with Gasteiger partial charge in [-0.25, -0.2) is 0 Å². The van der Waals surface area contributed by atoms with Gasteiger partial charge in [-0.1, -0.05) is 43.7 Å². The van der Waals surface area contributed by atoms with Crippen molar-refractivity contribution in [3.63, 3.8) is 0 Å². The Bertz CT molecular complexity index is 929. The second-order valence-electron chi connectivity index (χ2n) is 8.87. The summed E-state index contributed by atoms with van der Waals surface area (Å²) in [5, 5.41) is 0. The van der Waals surface area contributed by atoms with E-state index < -0.39 is 0 Å². The fraction of sp³-hybridized carbons (Fsp3) is 0.481. The van der Waals surface area contributed by atoms with Crippen LogP contribution in [0.1, 0.15) is 66.1 Å². The monoisotopic (exact) mass is 454 g/mol. The van der Waals surface area contributed by atoms with Gasteiger partial charge in [-0.3, -0.25) is 9.59 Å². The number of carbonyl (C=O) groups is 2. The number of hydrogen-bond donors (Lipinski definition) is 0. The van der Waals surface area contributed by atoms with Crippen LogP contribution in [0.15, 0.2) is 42.5 Å². The minimum absolute atomic E-state index is 0. The Morgan fingerprint density at radius 2 is 1.81 bits per heavy atom. The lowest BCUT2D eigenvalue weighted by molar-refractivity contribution is -0.117. The van der Waals surface area contributed by atoms with Gasteiger partial charge in [-0.05, 0) is 74.0 Å². The highest BCUT2D eigenvalue weighted by Crippen LogP contribution is 2.37. The molecule has 2 heterocycles. The van der Waals surface area contributed by atoms with Crippen LogP contribution in [0.4, 0.5) is 5.69 Å². The number of amides is 1. The molecule has 0 spiro atoms. The van der Waals surface area contributed by atoms with E-state index in [0.717, 1.165) is 81.5 Å². The van der Waals surface area contributed by atoms with Gasteiger partial charge in [-0.15, -0.1) is 12.4 Å². The number of nitrogens with zero attached hydrogens (tertiary/aromatic N) is 2. The van der Waals surface area contributed by atoms with Gasteiger partial charge in [-0.2, -0.15) is 0 Å². The molecule has 2 aliphatic heterocycles. The quantitative estimate of drug-likeness (QED) is 0.344. The van der Waals surface area contributed by atoms with Crippen molar-refractivity contribution in [2.45, 2.75) is 58.3 Å². The third-order valence-electron chi connectivity index (χ3n) is 6.72. The molecule has 0 aromatic heterocycles. The number of unbranched alkanes of at least 4 members (excludes halogenated alkanes) is 2. The molecule has 0 bridgehead atoms. The maximum Gasteiger partial charge on any atom is 0.231 e. The Morgan fingerprint density at radius 3 is 2.59 bits per heavy atom. The summed E-state index contributed by atoms with van der Waals surface area (Å²) in [5.41, 5.74) is 5.55. The topological polar surface area (TPSA) is 40.6 Å². The molecule has 1 amide bonds. The largest absolute Gasteiger partial charge is 0.312 e. The summed E-state index contributed by atoms with van der Waals surface area (Å²) in [6, 6.07) is 14.7. The lowest BCUT2D eigenvalue weighted by Crippen LogP contribution is -2.31. The molecule has 0 radical (unpaired) electrons. The van der Waals surface area contributed by atoms with E-state index in [1.165, 1.54) is 11.1 Å². The van der Waals surface area contributed by atoms with Gasteiger partial charge < -0.3 is 9.80 Å². The van der Waals surface area contributed by atoms with Gasteiger partial charge in [0.1, 0.15) is 0 Å². The first kappa shape index (κ1) is 24.5. The number of carbonyl (C=O) groups excluding carboxylic acids is 2. The minimum Gasteiger partial charge on any atom is -0.312 e. The summed E-state index contributed by atoms with van der Waals surface area (Å²) in [6.07, 6.45) is 7.27. The summed E-state index contributed by atoms with van der Waals surface area (Å²) in [6.45, 7) is 6.30. The molecule has 32 heavy (non-hydrogen) atoms. The molecular formula is C27H35ClN2O2. The normalized spacial score (nSPS) is 14.4. The smallest absolute Gasteiger partial charge is 0.231 e. The maximum atomic E-state index is 12.8. The molecule has 0 atom stereocenters. The molecule has 5 heteroatoms. The van der Waals surface area contributed by atoms with E-state index in [-0.39, 0.29) is 24.1 Å². The van der Waals surface area contributed by atoms with E-state index in [1.807, 2.05) is 17.0 Å². The molecule has 2 aromatic rings. The SMILES string of the molecule is CCN(CCCCCC(=O)c1cc2c3c(c1)CC(=O)N3CCC2)CCc1ccccc1.Cl. The number of likely N-dealkylation sites (N-methyl/N-ethyl adjacent to an activating group) is 1. The van der Waals surface area contributed by atoms with Crippen molar-refractivity contribution in [1.82, 2.24) is 4.90 Å². The molecule has 0 saturated carbocycles. The Kier molecular flexibility index (Phi) is 8.89. The van der Waals surface area contributed by atoms with Crippen molar-refractivity contribution in [2.24, 2.45) is 0 Å². The zero-order chi connectivity index (χ0) is 21.6. The van der Waals surface area contributed by atoms with E-state index in [9.17, 15) is 9.59 Å². The number of benzene rings is 2. The number of anilines is 1. The molecule has 4 nitrogen and oxygen atoms in total. The molecule has 172 valence electrons. The average Bonchev–Trinajstić information content (AvgIpc) is 3.13. The van der Waals surface area contributed by atoms with Gasteiger partial charge in [0, 0.05) is 25.1 Å². The van der Waals surface area contributed by atoms with Gasteiger partial charge >= 0.3 is 0 Å². The summed E-state index contributed by atoms with van der Waals surface area (Å²) in [4.78, 5) is 29.4. The molecule has 0 N–H and O–H groups in total. The van der Waals surface area contributed by atoms with Crippen LogP contribution in [0.25, 0.3) is 0 Å². The lowest BCUT2D eigenvalue weighted by Gasteiger charge is -2.25. The third-order valence-corrected chi connectivity index (χ3v) is 6.72. The number of halogens is 1. The zero-order valence-corrected chi connectivity index (χ0v) is 20.0. The van der Waals surface area contributed by atoms with E-state index in [1.54, 1.807) is 0 Å². The number of rotatable bonds is 11. The first-order chi connectivity index (χ1) is 15.2. The zero-order valence-electron chi connectivity index (χ0n) is 19.1. The fourth-order valence-electron chi connectivity index (χ4n) is 4.94. The third kappa shape index (κ3) is 5.79. The van der Waals surface area contributed by atoms with Gasteiger partial charge in [0.25, 0.3) is 0 Å². The highest BCUT2D eigenvalue weighted by Gasteiger charge is 2.32. The fourth-order valence-corrected chi connectivity index (χ4v) is 4.94. The van der Waals surface area contributed by atoms with Crippen LogP contribution in [0.2, 0.25) is 0 Å². The number of ketones is 1. The van der Waals surface area contributed by atoms with Crippen molar-refractivity contribution in [3.05, 3.63) is 64.7 Å². The number of aryl methyl sites for hydroxylation is 1. The number of hydrogen-bond acceptors (Lipinski definition) is 3. The molecule has 0 saturated heterocycles. The van der Waals surface area contributed by atoms with Crippen molar-refractivity contribution in [2.75, 3.05) is 31.1 Å². The Labute approximate surface area is 198 Å². The van der Waals surface area contributed by atoms with Crippen molar-refractivity contribution in [3.8, 4) is 0 Å². The van der Waals surface area contributed by atoms with E-state index >= 15 is 0 Å². The van der Waals surface area contributed by atoms with Crippen LogP contribution in [-0.4, -0.2) is 42.8 Å². The predicted molar refractivity (Wildman–Crippen MR) is 133 cm³/mol. The first-order valence-corrected chi connectivity index (χ1v) is 11.9. The van der Waals surface area contributed by atoms with E-state index in [2.05, 4.69) is 42.2 Å². The van der Waals surface area contributed by atoms with Crippen LogP contribution in [-0.2, 0) is 24.1 Å². The van der Waals surface area contributed by atoms with Gasteiger partial charge in [0.15, 0.2) is 5.78 Å². The van der Waals surface area contributed by atoms with E-state index in [0.29, 0.717) is 12.8 Å². The molecule has 0 unspecified atom stereocenters. The first-order valence-electron chi connectivity index (χ1n) is 11.9. The average molecular weight is 455 g/mol. The molecule has 4 rings (SSSR count). The molecular weight excluding hydrogens is 420 g/mol. The van der Waals surface area contributed by atoms with Crippen molar-refractivity contribution in [1.29, 1.82) is 0 Å². The molecule has 2 aromatic carbocycles. The van der Waals surface area contributed by atoms with Crippen LogP contribution < -0.4 is 4.90 Å². The van der Waals surface area contributed by atoms with Gasteiger partial charge in [0.05, 0.1) is 12.1 Å². The highest BCUT2D eigenvalue weighted by molar-refractivity contribution is 6.05. The lowest BCUT2D eigenvalue weighted by atomic mass is 9.94. The van der Waals surface area contributed by atoms with Crippen molar-refractivity contribution < 1.29 is 9.59 Å². The minimum atomic E-state index is 0. The van der Waals surface area contributed by atoms with Crippen molar-refractivity contribution >= 4 is 29.8 Å². The maximum absolute atomic E-state index is 12.8. The van der Waals surface area contributed by atoms with Crippen LogP contribution in [0.3, 0.4) is 0 Å². The summed E-state index contributed by atoms with van der Waals surface area (Å²) >= 11 is 0. The number of Topliss-reactive ketones (excluding diaryl/α,β-unsaturated/α-hetero) is 1. The van der Waals surface area contributed by atoms with Crippen LogP contribution in [0, 0.1) is 0 Å². The molecule has 0 aliphatic carbocycles. The summed E-state index contributed by atoms with van der Waals surface area (Å²) in [7, 11) is 0.